The molecule has 5 heteroatoms. The van der Waals surface area contributed by atoms with Crippen LogP contribution in [0.5, 0.6) is 0 Å². The van der Waals surface area contributed by atoms with E-state index in [0.717, 1.165) is 12.2 Å². The molecule has 1 amide bonds. The van der Waals surface area contributed by atoms with Crippen LogP contribution in [0.2, 0.25) is 0 Å². The fourth-order valence-corrected chi connectivity index (χ4v) is 1.32. The van der Waals surface area contributed by atoms with Crippen molar-refractivity contribution in [2.45, 2.75) is 13.0 Å². The highest BCUT2D eigenvalue weighted by Gasteiger charge is 2.06. The van der Waals surface area contributed by atoms with Gasteiger partial charge in [-0.2, -0.15) is 0 Å². The van der Waals surface area contributed by atoms with Gasteiger partial charge in [-0.15, -0.1) is 12.4 Å². The van der Waals surface area contributed by atoms with Gasteiger partial charge in [-0.25, -0.2) is 0 Å². The number of amides is 1. The van der Waals surface area contributed by atoms with Crippen molar-refractivity contribution >= 4 is 24.0 Å². The van der Waals surface area contributed by atoms with Crippen molar-refractivity contribution in [3.05, 3.63) is 30.3 Å². The standard InChI is InChI=1S/C12H19N3O.ClH/c1-10(13)12(16)14-8-9-15(2)11-6-4-3-5-7-11;/h3-7,10H,8-9,13H2,1-2H3,(H,14,16);1H. The number of likely N-dealkylation sites (N-methyl/N-ethyl adjacent to an activating group) is 1. The Labute approximate surface area is 109 Å². The molecule has 1 aromatic carbocycles. The monoisotopic (exact) mass is 257 g/mol. The van der Waals surface area contributed by atoms with E-state index in [2.05, 4.69) is 10.2 Å². The third-order valence-electron chi connectivity index (χ3n) is 2.36. The highest BCUT2D eigenvalue weighted by atomic mass is 35.5. The van der Waals surface area contributed by atoms with Crippen LogP contribution in [0.4, 0.5) is 5.69 Å². The molecule has 4 nitrogen and oxygen atoms in total. The Morgan fingerprint density at radius 1 is 1.41 bits per heavy atom. The third-order valence-corrected chi connectivity index (χ3v) is 2.36. The molecule has 0 radical (unpaired) electrons. The number of nitrogens with zero attached hydrogens (tertiary/aromatic N) is 1. The Morgan fingerprint density at radius 3 is 2.53 bits per heavy atom. The average Bonchev–Trinajstić information content (AvgIpc) is 2.29. The van der Waals surface area contributed by atoms with Gasteiger partial charge in [0.25, 0.3) is 0 Å². The normalized spacial score (nSPS) is 11.2. The van der Waals surface area contributed by atoms with E-state index in [-0.39, 0.29) is 18.3 Å². The van der Waals surface area contributed by atoms with Crippen molar-refractivity contribution in [3.8, 4) is 0 Å². The quantitative estimate of drug-likeness (QED) is 0.828. The maximum absolute atomic E-state index is 11.2. The number of carbonyl (C=O) groups is 1. The summed E-state index contributed by atoms with van der Waals surface area (Å²) in [5.41, 5.74) is 6.57. The number of hydrogen-bond acceptors (Lipinski definition) is 3. The SMILES string of the molecule is CC(N)C(=O)NCCN(C)c1ccccc1.Cl. The molecule has 3 N–H and O–H groups in total. The van der Waals surface area contributed by atoms with Crippen LogP contribution in [-0.4, -0.2) is 32.1 Å². The lowest BCUT2D eigenvalue weighted by Gasteiger charge is -2.19. The summed E-state index contributed by atoms with van der Waals surface area (Å²) >= 11 is 0. The summed E-state index contributed by atoms with van der Waals surface area (Å²) < 4.78 is 0. The maximum atomic E-state index is 11.2. The number of rotatable bonds is 5. The van der Waals surface area contributed by atoms with Crippen LogP contribution in [0.25, 0.3) is 0 Å². The summed E-state index contributed by atoms with van der Waals surface area (Å²) in [7, 11) is 1.99. The number of benzene rings is 1. The van der Waals surface area contributed by atoms with Gasteiger partial charge in [0.1, 0.15) is 0 Å². The zero-order valence-electron chi connectivity index (χ0n) is 10.2. The lowest BCUT2D eigenvalue weighted by molar-refractivity contribution is -0.121. The van der Waals surface area contributed by atoms with E-state index in [9.17, 15) is 4.79 Å². The zero-order chi connectivity index (χ0) is 12.0. The largest absolute Gasteiger partial charge is 0.373 e. The summed E-state index contributed by atoms with van der Waals surface area (Å²) in [5, 5.41) is 2.78. The first-order chi connectivity index (χ1) is 7.61. The van der Waals surface area contributed by atoms with Crippen molar-refractivity contribution in [2.75, 3.05) is 25.0 Å². The summed E-state index contributed by atoms with van der Waals surface area (Å²) in [5.74, 6) is -0.110. The predicted octanol–water partition coefficient (Wildman–Crippen LogP) is 1.01. The molecule has 0 aliphatic heterocycles. The number of hydrogen-bond donors (Lipinski definition) is 2. The van der Waals surface area contributed by atoms with E-state index in [0.29, 0.717) is 6.54 Å². The second-order valence-electron chi connectivity index (χ2n) is 3.84. The minimum atomic E-state index is -0.443. The molecule has 0 saturated heterocycles. The van der Waals surface area contributed by atoms with E-state index in [4.69, 9.17) is 5.73 Å². The highest BCUT2D eigenvalue weighted by molar-refractivity contribution is 5.85. The minimum absolute atomic E-state index is 0. The molecule has 0 aromatic heterocycles. The Hall–Kier alpha value is -1.26. The zero-order valence-corrected chi connectivity index (χ0v) is 11.0. The fraction of sp³-hybridized carbons (Fsp3) is 0.417. The predicted molar refractivity (Wildman–Crippen MR) is 73.6 cm³/mol. The Morgan fingerprint density at radius 2 is 2.00 bits per heavy atom. The van der Waals surface area contributed by atoms with Gasteiger partial charge in [-0.1, -0.05) is 18.2 Å². The molecule has 1 unspecified atom stereocenters. The van der Waals surface area contributed by atoms with Crippen LogP contribution in [0.1, 0.15) is 6.92 Å². The number of carbonyl (C=O) groups excluding carboxylic acids is 1. The summed E-state index contributed by atoms with van der Waals surface area (Å²) in [4.78, 5) is 13.3. The van der Waals surface area contributed by atoms with Gasteiger partial charge in [0.2, 0.25) is 5.91 Å². The van der Waals surface area contributed by atoms with Crippen molar-refractivity contribution in [1.29, 1.82) is 0 Å². The summed E-state index contributed by atoms with van der Waals surface area (Å²) in [6.45, 7) is 3.05. The van der Waals surface area contributed by atoms with Gasteiger partial charge in [-0.3, -0.25) is 4.79 Å². The fourth-order valence-electron chi connectivity index (χ4n) is 1.32. The van der Waals surface area contributed by atoms with Gasteiger partial charge in [0.05, 0.1) is 6.04 Å². The lowest BCUT2D eigenvalue weighted by atomic mass is 10.3. The number of nitrogens with one attached hydrogen (secondary N) is 1. The van der Waals surface area contributed by atoms with Gasteiger partial charge in [0.15, 0.2) is 0 Å². The Bertz CT molecular complexity index is 330. The molecule has 0 aliphatic rings. The van der Waals surface area contributed by atoms with Crippen LogP contribution in [-0.2, 0) is 4.79 Å². The van der Waals surface area contributed by atoms with E-state index in [1.165, 1.54) is 0 Å². The first kappa shape index (κ1) is 15.7. The summed E-state index contributed by atoms with van der Waals surface area (Å²) in [6.07, 6.45) is 0. The molecule has 0 fully saturated rings. The van der Waals surface area contributed by atoms with Crippen molar-refractivity contribution in [3.63, 3.8) is 0 Å². The van der Waals surface area contributed by atoms with Gasteiger partial charge in [0, 0.05) is 25.8 Å². The highest BCUT2D eigenvalue weighted by Crippen LogP contribution is 2.09. The van der Waals surface area contributed by atoms with Crippen LogP contribution in [0, 0.1) is 0 Å². The smallest absolute Gasteiger partial charge is 0.236 e. The van der Waals surface area contributed by atoms with Crippen molar-refractivity contribution < 1.29 is 4.79 Å². The first-order valence-corrected chi connectivity index (χ1v) is 5.40. The molecule has 1 atom stereocenters. The second-order valence-corrected chi connectivity index (χ2v) is 3.84. The molecule has 0 spiro atoms. The van der Waals surface area contributed by atoms with Crippen LogP contribution < -0.4 is 16.0 Å². The molecular formula is C12H20ClN3O. The number of nitrogens with two attached hydrogens (primary N) is 1. The van der Waals surface area contributed by atoms with E-state index < -0.39 is 6.04 Å². The first-order valence-electron chi connectivity index (χ1n) is 5.40. The maximum Gasteiger partial charge on any atom is 0.236 e. The average molecular weight is 258 g/mol. The van der Waals surface area contributed by atoms with Gasteiger partial charge in [-0.05, 0) is 19.1 Å². The van der Waals surface area contributed by atoms with E-state index in [1.54, 1.807) is 6.92 Å². The van der Waals surface area contributed by atoms with E-state index >= 15 is 0 Å². The third kappa shape index (κ3) is 5.56. The van der Waals surface area contributed by atoms with Crippen LogP contribution in [0.3, 0.4) is 0 Å². The minimum Gasteiger partial charge on any atom is -0.373 e. The molecule has 0 bridgehead atoms. The molecule has 1 aromatic rings. The molecule has 17 heavy (non-hydrogen) atoms. The van der Waals surface area contributed by atoms with E-state index in [1.807, 2.05) is 37.4 Å². The van der Waals surface area contributed by atoms with Gasteiger partial charge >= 0.3 is 0 Å². The van der Waals surface area contributed by atoms with Gasteiger partial charge < -0.3 is 16.0 Å². The number of para-hydroxylation sites is 1. The second kappa shape index (κ2) is 7.92. The van der Waals surface area contributed by atoms with Crippen LogP contribution in [0.15, 0.2) is 30.3 Å². The lowest BCUT2D eigenvalue weighted by Crippen LogP contribution is -2.41. The molecule has 0 aliphatic carbocycles. The Balaban J connectivity index is 0.00000256. The Kier molecular flexibility index (Phi) is 7.34. The number of halogens is 1. The summed E-state index contributed by atoms with van der Waals surface area (Å²) in [6, 6.07) is 9.59. The topological polar surface area (TPSA) is 58.4 Å². The number of anilines is 1. The molecule has 1 rings (SSSR count). The molecule has 0 saturated carbocycles. The molecule has 96 valence electrons. The molecular weight excluding hydrogens is 238 g/mol. The van der Waals surface area contributed by atoms with Crippen molar-refractivity contribution in [1.82, 2.24) is 5.32 Å². The van der Waals surface area contributed by atoms with Crippen molar-refractivity contribution in [2.24, 2.45) is 5.73 Å². The van der Waals surface area contributed by atoms with Crippen LogP contribution >= 0.6 is 12.4 Å². The molecule has 0 heterocycles.